The van der Waals surface area contributed by atoms with Crippen LogP contribution < -0.4 is 9.47 Å². The number of hydrogen-bond donors (Lipinski definition) is 1. The van der Waals surface area contributed by atoms with Crippen LogP contribution in [0.15, 0.2) is 35.9 Å². The fourth-order valence-corrected chi connectivity index (χ4v) is 5.13. The van der Waals surface area contributed by atoms with Gasteiger partial charge in [-0.1, -0.05) is 17.7 Å². The molecule has 33 heavy (non-hydrogen) atoms. The summed E-state index contributed by atoms with van der Waals surface area (Å²) in [7, 11) is 3.13. The van der Waals surface area contributed by atoms with E-state index in [1.54, 1.807) is 32.4 Å². The molecule has 7 nitrogen and oxygen atoms in total. The van der Waals surface area contributed by atoms with Crippen molar-refractivity contribution in [2.45, 2.75) is 69.5 Å². The maximum absolute atomic E-state index is 12.6. The lowest BCUT2D eigenvalue weighted by Crippen LogP contribution is -2.54. The van der Waals surface area contributed by atoms with Crippen LogP contribution in [0, 0.1) is 5.92 Å². The topological polar surface area (TPSA) is 90.1 Å². The maximum Gasteiger partial charge on any atom is 0.331 e. The molecule has 1 aromatic rings. The van der Waals surface area contributed by atoms with Crippen molar-refractivity contribution in [1.82, 2.24) is 0 Å². The number of methoxy groups -OCH3 is 2. The SMILES string of the molecule is COc1ccc(/C=C/C(=O)O[C@@H]2CCC3(CO3)C(C3(C)O[C@H]3CC=C(C)C)[C@@H]2O)cc1OC. The van der Waals surface area contributed by atoms with Crippen molar-refractivity contribution in [1.29, 1.82) is 0 Å². The van der Waals surface area contributed by atoms with Crippen molar-refractivity contribution in [3.05, 3.63) is 41.5 Å². The number of aliphatic hydroxyl groups is 1. The van der Waals surface area contributed by atoms with Crippen LogP contribution in [-0.2, 0) is 19.0 Å². The average Bonchev–Trinajstić information content (AvgIpc) is 3.70. The van der Waals surface area contributed by atoms with E-state index < -0.39 is 23.8 Å². The van der Waals surface area contributed by atoms with E-state index in [-0.39, 0.29) is 17.6 Å². The van der Waals surface area contributed by atoms with Gasteiger partial charge in [-0.15, -0.1) is 0 Å². The van der Waals surface area contributed by atoms with E-state index in [0.29, 0.717) is 24.5 Å². The Hall–Kier alpha value is -2.35. The van der Waals surface area contributed by atoms with E-state index in [1.165, 1.54) is 11.6 Å². The zero-order valence-electron chi connectivity index (χ0n) is 20.0. The van der Waals surface area contributed by atoms with E-state index >= 15 is 0 Å². The Morgan fingerprint density at radius 2 is 1.97 bits per heavy atom. The highest BCUT2D eigenvalue weighted by molar-refractivity contribution is 5.87. The molecule has 7 heteroatoms. The Kier molecular flexibility index (Phi) is 6.58. The third-order valence-corrected chi connectivity index (χ3v) is 7.08. The lowest BCUT2D eigenvalue weighted by Gasteiger charge is -2.40. The molecule has 1 N–H and O–H groups in total. The predicted octanol–water partition coefficient (Wildman–Crippen LogP) is 3.68. The van der Waals surface area contributed by atoms with Crippen LogP contribution in [0.1, 0.15) is 45.6 Å². The van der Waals surface area contributed by atoms with Crippen molar-refractivity contribution in [2.75, 3.05) is 20.8 Å². The number of esters is 1. The van der Waals surface area contributed by atoms with Gasteiger partial charge in [0.2, 0.25) is 0 Å². The van der Waals surface area contributed by atoms with Gasteiger partial charge in [0.05, 0.1) is 39.0 Å². The summed E-state index contributed by atoms with van der Waals surface area (Å²) in [6.45, 7) is 6.77. The van der Waals surface area contributed by atoms with Gasteiger partial charge in [0.15, 0.2) is 11.5 Å². The van der Waals surface area contributed by atoms with E-state index in [9.17, 15) is 9.90 Å². The lowest BCUT2D eigenvalue weighted by atomic mass is 9.68. The number of rotatable bonds is 8. The van der Waals surface area contributed by atoms with Crippen LogP contribution in [0.3, 0.4) is 0 Å². The van der Waals surface area contributed by atoms with Gasteiger partial charge in [-0.05, 0) is 63.8 Å². The molecule has 3 unspecified atom stereocenters. The average molecular weight is 459 g/mol. The molecule has 1 aromatic carbocycles. The van der Waals surface area contributed by atoms with Crippen molar-refractivity contribution in [3.8, 4) is 11.5 Å². The molecular weight excluding hydrogens is 424 g/mol. The lowest BCUT2D eigenvalue weighted by molar-refractivity contribution is -0.162. The number of ether oxygens (including phenoxy) is 5. The zero-order chi connectivity index (χ0) is 23.8. The van der Waals surface area contributed by atoms with Gasteiger partial charge < -0.3 is 28.8 Å². The summed E-state index contributed by atoms with van der Waals surface area (Å²) >= 11 is 0. The predicted molar refractivity (Wildman–Crippen MR) is 123 cm³/mol. The molecular formula is C26H34O7. The maximum atomic E-state index is 12.6. The highest BCUT2D eigenvalue weighted by Crippen LogP contribution is 2.59. The van der Waals surface area contributed by atoms with Crippen molar-refractivity contribution >= 4 is 12.0 Å². The number of aliphatic hydroxyl groups excluding tert-OH is 1. The minimum Gasteiger partial charge on any atom is -0.493 e. The molecule has 2 heterocycles. The van der Waals surface area contributed by atoms with Crippen molar-refractivity contribution < 1.29 is 33.6 Å². The number of epoxide rings is 2. The monoisotopic (exact) mass is 458 g/mol. The van der Waals surface area contributed by atoms with Crippen LogP contribution >= 0.6 is 0 Å². The second-order valence-electron chi connectivity index (χ2n) is 9.59. The summed E-state index contributed by atoms with van der Waals surface area (Å²) < 4.78 is 28.1. The van der Waals surface area contributed by atoms with Gasteiger partial charge in [-0.3, -0.25) is 0 Å². The smallest absolute Gasteiger partial charge is 0.331 e. The molecule has 3 aliphatic rings. The third-order valence-electron chi connectivity index (χ3n) is 7.08. The first-order valence-electron chi connectivity index (χ1n) is 11.5. The number of allylic oxidation sites excluding steroid dienone is 1. The fourth-order valence-electron chi connectivity index (χ4n) is 5.13. The molecule has 1 saturated carbocycles. The number of carbonyl (C=O) groups is 1. The number of benzene rings is 1. The number of hydrogen-bond acceptors (Lipinski definition) is 7. The summed E-state index contributed by atoms with van der Waals surface area (Å²) in [6.07, 6.45) is 5.87. The molecule has 4 rings (SSSR count). The molecule has 2 saturated heterocycles. The second kappa shape index (κ2) is 9.12. The van der Waals surface area contributed by atoms with E-state index in [0.717, 1.165) is 18.4 Å². The van der Waals surface area contributed by atoms with E-state index in [4.69, 9.17) is 23.7 Å². The molecule has 1 aliphatic carbocycles. The van der Waals surface area contributed by atoms with Crippen molar-refractivity contribution in [3.63, 3.8) is 0 Å². The van der Waals surface area contributed by atoms with Gasteiger partial charge in [0.1, 0.15) is 17.3 Å². The fraction of sp³-hybridized carbons (Fsp3) is 0.577. The van der Waals surface area contributed by atoms with Crippen LogP contribution in [0.4, 0.5) is 0 Å². The highest BCUT2D eigenvalue weighted by Gasteiger charge is 2.71. The molecule has 0 aromatic heterocycles. The van der Waals surface area contributed by atoms with Gasteiger partial charge in [-0.2, -0.15) is 0 Å². The standard InChI is InChI=1S/C26H34O7/c1-16(2)6-10-21-25(3,33-21)24-23(28)19(12-13-26(24)15-31-26)32-22(27)11-8-17-7-9-18(29-4)20(14-17)30-5/h6-9,11,14,19,21,23-24,28H,10,12-13,15H2,1-5H3/b11-8+/t19-,21+,23-,24?,25?,26?/m1/s1. The van der Waals surface area contributed by atoms with Gasteiger partial charge >= 0.3 is 5.97 Å². The Morgan fingerprint density at radius 1 is 1.24 bits per heavy atom. The molecule has 0 bridgehead atoms. The zero-order valence-corrected chi connectivity index (χ0v) is 20.0. The minimum atomic E-state index is -0.846. The highest BCUT2D eigenvalue weighted by atomic mass is 16.6. The molecule has 6 atom stereocenters. The van der Waals surface area contributed by atoms with Crippen LogP contribution in [0.2, 0.25) is 0 Å². The molecule has 180 valence electrons. The van der Waals surface area contributed by atoms with Crippen molar-refractivity contribution in [2.24, 2.45) is 5.92 Å². The Morgan fingerprint density at radius 3 is 2.61 bits per heavy atom. The van der Waals surface area contributed by atoms with Crippen LogP contribution in [0.25, 0.3) is 6.08 Å². The van der Waals surface area contributed by atoms with E-state index in [2.05, 4.69) is 19.9 Å². The second-order valence-corrected chi connectivity index (χ2v) is 9.59. The summed E-state index contributed by atoms with van der Waals surface area (Å²) in [5.74, 6) is 0.460. The molecule has 0 amide bonds. The summed E-state index contributed by atoms with van der Waals surface area (Å²) in [5, 5.41) is 11.2. The summed E-state index contributed by atoms with van der Waals surface area (Å²) in [6, 6.07) is 5.37. The Bertz CT molecular complexity index is 944. The number of carbonyl (C=O) groups excluding carboxylic acids is 1. The quantitative estimate of drug-likeness (QED) is 0.275. The Labute approximate surface area is 195 Å². The molecule has 3 fully saturated rings. The largest absolute Gasteiger partial charge is 0.493 e. The van der Waals surface area contributed by atoms with E-state index in [1.807, 2.05) is 13.0 Å². The van der Waals surface area contributed by atoms with Gasteiger partial charge in [0.25, 0.3) is 0 Å². The molecule has 2 aliphatic heterocycles. The van der Waals surface area contributed by atoms with Gasteiger partial charge in [0, 0.05) is 6.08 Å². The first-order valence-corrected chi connectivity index (χ1v) is 11.5. The molecule has 0 radical (unpaired) electrons. The third kappa shape index (κ3) is 4.81. The normalized spacial score (nSPS) is 34.7. The summed E-state index contributed by atoms with van der Waals surface area (Å²) in [4.78, 5) is 12.6. The van der Waals surface area contributed by atoms with Crippen LogP contribution in [-0.4, -0.2) is 61.4 Å². The van der Waals surface area contributed by atoms with Crippen LogP contribution in [0.5, 0.6) is 11.5 Å². The molecule has 1 spiro atoms. The van der Waals surface area contributed by atoms with Gasteiger partial charge in [-0.25, -0.2) is 4.79 Å². The first-order chi connectivity index (χ1) is 15.7. The Balaban J connectivity index is 1.41. The minimum absolute atomic E-state index is 0.0347. The first kappa shape index (κ1) is 23.8. The summed E-state index contributed by atoms with van der Waals surface area (Å²) in [5.41, 5.74) is 1.16.